The lowest BCUT2D eigenvalue weighted by Gasteiger charge is -2.19. The molecule has 0 unspecified atom stereocenters. The maximum absolute atomic E-state index is 12.8. The molecule has 0 aliphatic rings. The number of rotatable bonds is 6. The second-order valence-corrected chi connectivity index (χ2v) is 7.37. The fraction of sp³-hybridized carbons (Fsp3) is 0.182. The molecule has 150 valence electrons. The number of carbonyl (C=O) groups is 2. The minimum absolute atomic E-state index is 0.0989. The number of hydrogen-bond acceptors (Lipinski definition) is 3. The number of nitrogens with zero attached hydrogens (tertiary/aromatic N) is 1. The van der Waals surface area contributed by atoms with Gasteiger partial charge < -0.3 is 14.6 Å². The molecule has 0 aliphatic carbocycles. The molecule has 7 heteroatoms. The Balaban J connectivity index is 1.69. The lowest BCUT2D eigenvalue weighted by Crippen LogP contribution is -2.37. The van der Waals surface area contributed by atoms with Crippen molar-refractivity contribution in [2.24, 2.45) is 0 Å². The van der Waals surface area contributed by atoms with Crippen molar-refractivity contribution >= 4 is 40.7 Å². The van der Waals surface area contributed by atoms with E-state index < -0.39 is 0 Å². The van der Waals surface area contributed by atoms with Crippen molar-refractivity contribution in [2.45, 2.75) is 13.8 Å². The van der Waals surface area contributed by atoms with Crippen molar-refractivity contribution in [1.82, 2.24) is 4.90 Å². The zero-order chi connectivity index (χ0) is 21.0. The lowest BCUT2D eigenvalue weighted by molar-refractivity contribution is -0.116. The van der Waals surface area contributed by atoms with Gasteiger partial charge in [-0.3, -0.25) is 9.59 Å². The Bertz CT molecular complexity index is 1030. The van der Waals surface area contributed by atoms with E-state index in [1.165, 1.54) is 4.90 Å². The van der Waals surface area contributed by atoms with Gasteiger partial charge in [-0.05, 0) is 67.9 Å². The molecule has 0 spiro atoms. The number of halogens is 2. The molecule has 0 atom stereocenters. The van der Waals surface area contributed by atoms with Crippen LogP contribution >= 0.6 is 23.2 Å². The molecule has 1 aromatic heterocycles. The van der Waals surface area contributed by atoms with Crippen LogP contribution in [0, 0.1) is 6.92 Å². The average molecular weight is 431 g/mol. The van der Waals surface area contributed by atoms with Crippen LogP contribution in [0.2, 0.25) is 10.0 Å². The van der Waals surface area contributed by atoms with Crippen molar-refractivity contribution in [3.05, 3.63) is 76.0 Å². The summed E-state index contributed by atoms with van der Waals surface area (Å²) < 4.78 is 5.71. The maximum atomic E-state index is 12.8. The van der Waals surface area contributed by atoms with E-state index in [1.807, 2.05) is 25.1 Å². The Kier molecular flexibility index (Phi) is 6.62. The standard InChI is InChI=1S/C22H20Cl2N2O3/c1-3-26(13-21(27)25-18-12-17(24)7-4-14(18)2)22(28)20-11-10-19(29-20)15-5-8-16(23)9-6-15/h4-12H,3,13H2,1-2H3,(H,25,27). The molecule has 0 saturated heterocycles. The molecule has 0 saturated carbocycles. The molecular weight excluding hydrogens is 411 g/mol. The van der Waals surface area contributed by atoms with Crippen molar-refractivity contribution in [1.29, 1.82) is 0 Å². The van der Waals surface area contributed by atoms with Gasteiger partial charge in [0.25, 0.3) is 5.91 Å². The third kappa shape index (κ3) is 5.19. The molecule has 29 heavy (non-hydrogen) atoms. The minimum Gasteiger partial charge on any atom is -0.451 e. The van der Waals surface area contributed by atoms with Crippen LogP contribution in [-0.2, 0) is 4.79 Å². The summed E-state index contributed by atoms with van der Waals surface area (Å²) in [5.41, 5.74) is 2.32. The first-order valence-electron chi connectivity index (χ1n) is 9.08. The summed E-state index contributed by atoms with van der Waals surface area (Å²) in [4.78, 5) is 26.7. The van der Waals surface area contributed by atoms with Gasteiger partial charge in [0.05, 0.1) is 0 Å². The summed E-state index contributed by atoms with van der Waals surface area (Å²) >= 11 is 11.9. The van der Waals surface area contributed by atoms with Crippen LogP contribution in [0.5, 0.6) is 0 Å². The molecule has 3 aromatic rings. The summed E-state index contributed by atoms with van der Waals surface area (Å²) in [6, 6.07) is 15.7. The van der Waals surface area contributed by atoms with Crippen molar-refractivity contribution in [3.63, 3.8) is 0 Å². The Hall–Kier alpha value is -2.76. The summed E-state index contributed by atoms with van der Waals surface area (Å²) in [6.07, 6.45) is 0. The average Bonchev–Trinajstić information content (AvgIpc) is 3.19. The first-order valence-corrected chi connectivity index (χ1v) is 9.84. The molecule has 2 amide bonds. The van der Waals surface area contributed by atoms with E-state index >= 15 is 0 Å². The van der Waals surface area contributed by atoms with Gasteiger partial charge in [-0.25, -0.2) is 0 Å². The first kappa shape index (κ1) is 21.0. The second-order valence-electron chi connectivity index (χ2n) is 6.50. The van der Waals surface area contributed by atoms with Gasteiger partial charge in [0.15, 0.2) is 5.76 Å². The van der Waals surface area contributed by atoms with Gasteiger partial charge in [0.1, 0.15) is 12.3 Å². The summed E-state index contributed by atoms with van der Waals surface area (Å²) in [7, 11) is 0. The van der Waals surface area contributed by atoms with Crippen molar-refractivity contribution < 1.29 is 14.0 Å². The van der Waals surface area contributed by atoms with E-state index in [0.717, 1.165) is 11.1 Å². The highest BCUT2D eigenvalue weighted by Crippen LogP contribution is 2.25. The molecule has 1 heterocycles. The number of nitrogens with one attached hydrogen (secondary N) is 1. The van der Waals surface area contributed by atoms with E-state index in [2.05, 4.69) is 5.32 Å². The van der Waals surface area contributed by atoms with Gasteiger partial charge >= 0.3 is 0 Å². The van der Waals surface area contributed by atoms with Gasteiger partial charge in [0, 0.05) is 27.8 Å². The summed E-state index contributed by atoms with van der Waals surface area (Å²) in [5, 5.41) is 3.95. The second kappa shape index (κ2) is 9.16. The van der Waals surface area contributed by atoms with Gasteiger partial charge in [-0.1, -0.05) is 29.3 Å². The number of carbonyl (C=O) groups excluding carboxylic acids is 2. The van der Waals surface area contributed by atoms with Crippen LogP contribution < -0.4 is 5.32 Å². The minimum atomic E-state index is -0.356. The molecular formula is C22H20Cl2N2O3. The van der Waals surface area contributed by atoms with Crippen LogP contribution in [0.3, 0.4) is 0 Å². The predicted molar refractivity (Wildman–Crippen MR) is 116 cm³/mol. The molecule has 0 aliphatic heterocycles. The number of amides is 2. The highest BCUT2D eigenvalue weighted by Gasteiger charge is 2.21. The van der Waals surface area contributed by atoms with Crippen LogP contribution in [0.25, 0.3) is 11.3 Å². The zero-order valence-electron chi connectivity index (χ0n) is 16.0. The third-order valence-corrected chi connectivity index (χ3v) is 4.91. The fourth-order valence-corrected chi connectivity index (χ4v) is 3.10. The van der Waals surface area contributed by atoms with Crippen molar-refractivity contribution in [2.75, 3.05) is 18.4 Å². The Labute approximate surface area is 179 Å². The number of benzene rings is 2. The highest BCUT2D eigenvalue weighted by atomic mass is 35.5. The topological polar surface area (TPSA) is 62.6 Å². The fourth-order valence-electron chi connectivity index (χ4n) is 2.80. The highest BCUT2D eigenvalue weighted by molar-refractivity contribution is 6.31. The molecule has 1 N–H and O–H groups in total. The zero-order valence-corrected chi connectivity index (χ0v) is 17.6. The number of furan rings is 1. The molecule has 0 bridgehead atoms. The normalized spacial score (nSPS) is 10.6. The van der Waals surface area contributed by atoms with Gasteiger partial charge in [0.2, 0.25) is 5.91 Å². The quantitative estimate of drug-likeness (QED) is 0.548. The number of likely N-dealkylation sites (N-methyl/N-ethyl adjacent to an activating group) is 1. The molecule has 2 aromatic carbocycles. The van der Waals surface area contributed by atoms with Gasteiger partial charge in [-0.2, -0.15) is 0 Å². The largest absolute Gasteiger partial charge is 0.451 e. The van der Waals surface area contributed by atoms with Crippen LogP contribution in [0.15, 0.2) is 59.0 Å². The van der Waals surface area contributed by atoms with E-state index in [0.29, 0.717) is 28.0 Å². The molecule has 3 rings (SSSR count). The smallest absolute Gasteiger partial charge is 0.290 e. The molecule has 0 radical (unpaired) electrons. The monoisotopic (exact) mass is 430 g/mol. The Morgan fingerprint density at radius 3 is 2.38 bits per heavy atom. The third-order valence-electron chi connectivity index (χ3n) is 4.42. The van der Waals surface area contributed by atoms with Crippen LogP contribution in [0.1, 0.15) is 23.0 Å². The molecule has 0 fully saturated rings. The Morgan fingerprint density at radius 1 is 1.00 bits per heavy atom. The van der Waals surface area contributed by atoms with E-state index in [9.17, 15) is 9.59 Å². The first-order chi connectivity index (χ1) is 13.9. The van der Waals surface area contributed by atoms with Crippen LogP contribution in [0.4, 0.5) is 5.69 Å². The summed E-state index contributed by atoms with van der Waals surface area (Å²) in [5.74, 6) is 0.0596. The van der Waals surface area contributed by atoms with E-state index in [-0.39, 0.29) is 24.1 Å². The molecule has 5 nitrogen and oxygen atoms in total. The maximum Gasteiger partial charge on any atom is 0.290 e. The van der Waals surface area contributed by atoms with Crippen LogP contribution in [-0.4, -0.2) is 29.8 Å². The SMILES string of the molecule is CCN(CC(=O)Nc1cc(Cl)ccc1C)C(=O)c1ccc(-c2ccc(Cl)cc2)o1. The number of hydrogen-bond donors (Lipinski definition) is 1. The van der Waals surface area contributed by atoms with E-state index in [1.54, 1.807) is 43.3 Å². The van der Waals surface area contributed by atoms with E-state index in [4.69, 9.17) is 27.6 Å². The lowest BCUT2D eigenvalue weighted by atomic mass is 10.2. The Morgan fingerprint density at radius 2 is 1.69 bits per heavy atom. The van der Waals surface area contributed by atoms with Crippen molar-refractivity contribution in [3.8, 4) is 11.3 Å². The predicted octanol–water partition coefficient (Wildman–Crippen LogP) is 5.66. The van der Waals surface area contributed by atoms with Gasteiger partial charge in [-0.15, -0.1) is 0 Å². The number of anilines is 1. The summed E-state index contributed by atoms with van der Waals surface area (Å²) in [6.45, 7) is 3.94. The number of aryl methyl sites for hydroxylation is 1.